The number of hydrogen-bond acceptors (Lipinski definition) is 4. The van der Waals surface area contributed by atoms with Crippen molar-refractivity contribution in [3.63, 3.8) is 0 Å². The molecule has 0 aliphatic rings. The lowest BCUT2D eigenvalue weighted by molar-refractivity contribution is -0.137. The second kappa shape index (κ2) is 7.61. The zero-order valence-electron chi connectivity index (χ0n) is 13.5. The second-order valence-electron chi connectivity index (χ2n) is 5.10. The first-order valence-electron chi connectivity index (χ1n) is 7.22. The molecule has 1 amide bonds. The number of ether oxygens (including phenoxy) is 1. The standard InChI is InChI=1S/C18H13F3N2O3/c1-26-16-9-11(6-7-15(16)24)8-12(10-22)17(25)23-14-5-3-2-4-13(14)18(19,20)21/h2-9,24H,1H3,(H,23,25)/b12-8+. The van der Waals surface area contributed by atoms with Gasteiger partial charge in [0.2, 0.25) is 0 Å². The lowest BCUT2D eigenvalue weighted by atomic mass is 10.1. The number of phenols is 1. The number of methoxy groups -OCH3 is 1. The predicted octanol–water partition coefficient (Wildman–Crippen LogP) is 3.97. The number of carbonyl (C=O) groups excluding carboxylic acids is 1. The van der Waals surface area contributed by atoms with Crippen LogP contribution in [0.25, 0.3) is 6.08 Å². The van der Waals surface area contributed by atoms with E-state index in [-0.39, 0.29) is 11.5 Å². The molecule has 0 spiro atoms. The van der Waals surface area contributed by atoms with E-state index in [0.717, 1.165) is 12.1 Å². The van der Waals surface area contributed by atoms with Crippen LogP contribution in [0, 0.1) is 11.3 Å². The van der Waals surface area contributed by atoms with Gasteiger partial charge in [-0.05, 0) is 35.9 Å². The first kappa shape index (κ1) is 18.9. The van der Waals surface area contributed by atoms with Crippen LogP contribution in [0.4, 0.5) is 18.9 Å². The largest absolute Gasteiger partial charge is 0.504 e. The number of alkyl halides is 3. The van der Waals surface area contributed by atoms with E-state index in [1.807, 2.05) is 0 Å². The summed E-state index contributed by atoms with van der Waals surface area (Å²) in [6.45, 7) is 0. The molecule has 0 bridgehead atoms. The van der Waals surface area contributed by atoms with Crippen LogP contribution in [0.1, 0.15) is 11.1 Å². The highest BCUT2D eigenvalue weighted by Crippen LogP contribution is 2.34. The summed E-state index contributed by atoms with van der Waals surface area (Å²) in [6, 6.07) is 10.2. The van der Waals surface area contributed by atoms with Crippen LogP contribution in [0.15, 0.2) is 48.0 Å². The number of benzene rings is 2. The molecule has 0 heterocycles. The number of nitrogens with one attached hydrogen (secondary N) is 1. The number of phenolic OH excluding ortho intramolecular Hbond substituents is 1. The first-order valence-corrected chi connectivity index (χ1v) is 7.22. The van der Waals surface area contributed by atoms with Gasteiger partial charge in [0.05, 0.1) is 18.4 Å². The number of nitrogens with zero attached hydrogens (tertiary/aromatic N) is 1. The van der Waals surface area contributed by atoms with Crippen molar-refractivity contribution in [3.8, 4) is 17.6 Å². The van der Waals surface area contributed by atoms with E-state index in [1.54, 1.807) is 6.07 Å². The molecule has 26 heavy (non-hydrogen) atoms. The van der Waals surface area contributed by atoms with Gasteiger partial charge in [-0.25, -0.2) is 0 Å². The van der Waals surface area contributed by atoms with Gasteiger partial charge in [-0.2, -0.15) is 18.4 Å². The average molecular weight is 362 g/mol. The number of amides is 1. The van der Waals surface area contributed by atoms with Crippen molar-refractivity contribution >= 4 is 17.7 Å². The van der Waals surface area contributed by atoms with Crippen molar-refractivity contribution in [2.45, 2.75) is 6.18 Å². The smallest absolute Gasteiger partial charge is 0.418 e. The van der Waals surface area contributed by atoms with Crippen molar-refractivity contribution in [1.29, 1.82) is 5.26 Å². The molecule has 2 rings (SSSR count). The Hall–Kier alpha value is -3.47. The minimum absolute atomic E-state index is 0.124. The molecule has 2 N–H and O–H groups in total. The molecular weight excluding hydrogens is 349 g/mol. The molecule has 2 aromatic rings. The Bertz CT molecular complexity index is 899. The van der Waals surface area contributed by atoms with E-state index < -0.39 is 28.9 Å². The molecule has 0 saturated carbocycles. The molecular formula is C18H13F3N2O3. The maximum absolute atomic E-state index is 13.0. The Morgan fingerprint density at radius 2 is 1.96 bits per heavy atom. The normalized spacial score (nSPS) is 11.6. The highest BCUT2D eigenvalue weighted by Gasteiger charge is 2.33. The highest BCUT2D eigenvalue weighted by molar-refractivity contribution is 6.10. The Labute approximate surface area is 146 Å². The molecule has 0 aliphatic heterocycles. The van der Waals surface area contributed by atoms with Crippen molar-refractivity contribution in [2.75, 3.05) is 12.4 Å². The van der Waals surface area contributed by atoms with Gasteiger partial charge in [0.25, 0.3) is 5.91 Å². The minimum atomic E-state index is -4.65. The summed E-state index contributed by atoms with van der Waals surface area (Å²) < 4.78 is 43.9. The fourth-order valence-corrected chi connectivity index (χ4v) is 2.13. The van der Waals surface area contributed by atoms with Crippen molar-refractivity contribution in [2.24, 2.45) is 0 Å². The summed E-state index contributed by atoms with van der Waals surface area (Å²) in [7, 11) is 1.33. The van der Waals surface area contributed by atoms with Crippen LogP contribution < -0.4 is 10.1 Å². The fourth-order valence-electron chi connectivity index (χ4n) is 2.13. The Balaban J connectivity index is 2.32. The summed E-state index contributed by atoms with van der Waals surface area (Å²) in [5.41, 5.74) is -1.52. The van der Waals surface area contributed by atoms with Gasteiger partial charge < -0.3 is 15.2 Å². The van der Waals surface area contributed by atoms with Gasteiger partial charge in [0.1, 0.15) is 11.6 Å². The lowest BCUT2D eigenvalue weighted by Gasteiger charge is -2.13. The number of hydrogen-bond donors (Lipinski definition) is 2. The number of halogens is 3. The molecule has 0 aliphatic carbocycles. The van der Waals surface area contributed by atoms with Crippen molar-refractivity contribution in [3.05, 3.63) is 59.2 Å². The molecule has 134 valence electrons. The number of nitriles is 1. The highest BCUT2D eigenvalue weighted by atomic mass is 19.4. The van der Waals surface area contributed by atoms with Crippen LogP contribution in [0.2, 0.25) is 0 Å². The maximum Gasteiger partial charge on any atom is 0.418 e. The Kier molecular flexibility index (Phi) is 5.52. The molecule has 0 atom stereocenters. The summed E-state index contributed by atoms with van der Waals surface area (Å²) in [5, 5.41) is 20.8. The zero-order chi connectivity index (χ0) is 19.3. The van der Waals surface area contributed by atoms with E-state index in [2.05, 4.69) is 5.32 Å². The number of anilines is 1. The van der Waals surface area contributed by atoms with Crippen LogP contribution in [-0.4, -0.2) is 18.1 Å². The van der Waals surface area contributed by atoms with E-state index in [9.17, 15) is 23.1 Å². The topological polar surface area (TPSA) is 82.3 Å². The summed E-state index contributed by atoms with van der Waals surface area (Å²) in [4.78, 5) is 12.2. The Morgan fingerprint density at radius 1 is 1.27 bits per heavy atom. The van der Waals surface area contributed by atoms with Gasteiger partial charge in [-0.1, -0.05) is 18.2 Å². The molecule has 5 nitrogen and oxygen atoms in total. The van der Waals surface area contributed by atoms with Gasteiger partial charge in [0, 0.05) is 0 Å². The summed E-state index contributed by atoms with van der Waals surface area (Å²) in [5.74, 6) is -0.998. The second-order valence-corrected chi connectivity index (χ2v) is 5.10. The molecule has 2 aromatic carbocycles. The monoisotopic (exact) mass is 362 g/mol. The molecule has 0 fully saturated rings. The van der Waals surface area contributed by atoms with E-state index in [1.165, 1.54) is 43.5 Å². The molecule has 0 aromatic heterocycles. The number of carbonyl (C=O) groups is 1. The maximum atomic E-state index is 13.0. The van der Waals surface area contributed by atoms with Gasteiger partial charge >= 0.3 is 6.18 Å². The molecule has 0 saturated heterocycles. The minimum Gasteiger partial charge on any atom is -0.504 e. The molecule has 8 heteroatoms. The van der Waals surface area contributed by atoms with Crippen LogP contribution >= 0.6 is 0 Å². The zero-order valence-corrected chi connectivity index (χ0v) is 13.5. The van der Waals surface area contributed by atoms with E-state index >= 15 is 0 Å². The molecule has 0 radical (unpaired) electrons. The predicted molar refractivity (Wildman–Crippen MR) is 88.3 cm³/mol. The van der Waals surface area contributed by atoms with E-state index in [4.69, 9.17) is 10.00 Å². The van der Waals surface area contributed by atoms with Crippen molar-refractivity contribution < 1.29 is 27.8 Å². The van der Waals surface area contributed by atoms with Crippen LogP contribution in [-0.2, 0) is 11.0 Å². The first-order chi connectivity index (χ1) is 12.3. The van der Waals surface area contributed by atoms with Crippen LogP contribution in [0.5, 0.6) is 11.5 Å². The molecule has 0 unspecified atom stereocenters. The fraction of sp³-hybridized carbons (Fsp3) is 0.111. The quantitative estimate of drug-likeness (QED) is 0.637. The lowest BCUT2D eigenvalue weighted by Crippen LogP contribution is -2.17. The number of aromatic hydroxyl groups is 1. The van der Waals surface area contributed by atoms with Gasteiger partial charge in [-0.3, -0.25) is 4.79 Å². The van der Waals surface area contributed by atoms with Crippen molar-refractivity contribution in [1.82, 2.24) is 0 Å². The van der Waals surface area contributed by atoms with Gasteiger partial charge in [-0.15, -0.1) is 0 Å². The third-order valence-electron chi connectivity index (χ3n) is 3.36. The van der Waals surface area contributed by atoms with Crippen LogP contribution in [0.3, 0.4) is 0 Å². The summed E-state index contributed by atoms with van der Waals surface area (Å²) >= 11 is 0. The Morgan fingerprint density at radius 3 is 2.58 bits per heavy atom. The SMILES string of the molecule is COc1cc(/C=C(\C#N)C(=O)Nc2ccccc2C(F)(F)F)ccc1O. The van der Waals surface area contributed by atoms with Gasteiger partial charge in [0.15, 0.2) is 11.5 Å². The number of para-hydroxylation sites is 1. The number of rotatable bonds is 4. The third kappa shape index (κ3) is 4.33. The summed E-state index contributed by atoms with van der Waals surface area (Å²) in [6.07, 6.45) is -3.47. The third-order valence-corrected chi connectivity index (χ3v) is 3.36. The van der Waals surface area contributed by atoms with E-state index in [0.29, 0.717) is 5.56 Å². The average Bonchev–Trinajstić information content (AvgIpc) is 2.60.